The summed E-state index contributed by atoms with van der Waals surface area (Å²) < 4.78 is 1.63. The highest BCUT2D eigenvalue weighted by Crippen LogP contribution is 2.41. The molecule has 1 aliphatic rings. The van der Waals surface area contributed by atoms with Gasteiger partial charge in [0.2, 0.25) is 0 Å². The van der Waals surface area contributed by atoms with Gasteiger partial charge in [-0.25, -0.2) is 4.98 Å². The van der Waals surface area contributed by atoms with Gasteiger partial charge in [0.15, 0.2) is 5.82 Å². The monoisotopic (exact) mass is 423 g/mol. The summed E-state index contributed by atoms with van der Waals surface area (Å²) in [5.74, 6) is -0.206. The third-order valence-corrected chi connectivity index (χ3v) is 6.23. The first-order chi connectivity index (χ1) is 13.4. The second-order valence-electron chi connectivity index (χ2n) is 7.31. The number of nitrogens with one attached hydrogen (secondary N) is 1. The molecule has 1 saturated carbocycles. The number of amides is 1. The minimum absolute atomic E-state index is 0.219. The Morgan fingerprint density at radius 3 is 2.68 bits per heavy atom. The highest BCUT2D eigenvalue weighted by Gasteiger charge is 2.40. The van der Waals surface area contributed by atoms with Crippen molar-refractivity contribution < 1.29 is 14.7 Å². The molecule has 150 valence electrons. The topological polar surface area (TPSA) is 84.2 Å². The van der Waals surface area contributed by atoms with Gasteiger partial charge >= 0.3 is 5.97 Å². The van der Waals surface area contributed by atoms with Gasteiger partial charge in [0, 0.05) is 18.9 Å². The molecule has 2 aromatic rings. The van der Waals surface area contributed by atoms with Gasteiger partial charge < -0.3 is 10.4 Å². The van der Waals surface area contributed by atoms with E-state index in [2.05, 4.69) is 10.3 Å². The number of nitrogens with zero attached hydrogens (tertiary/aromatic N) is 2. The zero-order valence-electron chi connectivity index (χ0n) is 15.6. The normalized spacial score (nSPS) is 22.0. The van der Waals surface area contributed by atoms with Crippen LogP contribution in [-0.4, -0.2) is 33.1 Å². The predicted molar refractivity (Wildman–Crippen MR) is 108 cm³/mol. The van der Waals surface area contributed by atoms with E-state index in [0.717, 1.165) is 12.8 Å². The number of pyridine rings is 1. The van der Waals surface area contributed by atoms with Gasteiger partial charge in [0.05, 0.1) is 15.5 Å². The summed E-state index contributed by atoms with van der Waals surface area (Å²) in [7, 11) is 0. The Balaban J connectivity index is 1.63. The lowest BCUT2D eigenvalue weighted by Crippen LogP contribution is -2.38. The SMILES string of the molecule is CCC1(C(=O)O)CCC(CNC(=O)c2cccn2-c2ncc(Cl)cc2Cl)CC1. The lowest BCUT2D eigenvalue weighted by Gasteiger charge is -2.36. The van der Waals surface area contributed by atoms with E-state index in [9.17, 15) is 14.7 Å². The first-order valence-electron chi connectivity index (χ1n) is 9.36. The molecule has 0 aliphatic heterocycles. The molecular formula is C20H23Cl2N3O3. The number of rotatable bonds is 6. The van der Waals surface area contributed by atoms with Gasteiger partial charge in [-0.05, 0) is 56.2 Å². The number of carbonyl (C=O) groups excluding carboxylic acids is 1. The zero-order chi connectivity index (χ0) is 20.3. The molecule has 28 heavy (non-hydrogen) atoms. The lowest BCUT2D eigenvalue weighted by molar-refractivity contribution is -0.151. The Kier molecular flexibility index (Phi) is 6.30. The minimum atomic E-state index is -0.706. The maximum atomic E-state index is 12.7. The molecule has 2 aromatic heterocycles. The summed E-state index contributed by atoms with van der Waals surface area (Å²) in [4.78, 5) is 28.5. The van der Waals surface area contributed by atoms with Crippen LogP contribution in [0.1, 0.15) is 49.5 Å². The molecule has 0 bridgehead atoms. The van der Waals surface area contributed by atoms with Gasteiger partial charge in [-0.3, -0.25) is 14.2 Å². The molecule has 0 saturated heterocycles. The van der Waals surface area contributed by atoms with E-state index in [1.165, 1.54) is 6.20 Å². The smallest absolute Gasteiger partial charge is 0.309 e. The van der Waals surface area contributed by atoms with E-state index in [1.807, 2.05) is 6.92 Å². The summed E-state index contributed by atoms with van der Waals surface area (Å²) in [6.45, 7) is 2.45. The fourth-order valence-electron chi connectivity index (χ4n) is 3.82. The van der Waals surface area contributed by atoms with Crippen LogP contribution >= 0.6 is 23.2 Å². The van der Waals surface area contributed by atoms with Crippen LogP contribution in [0.25, 0.3) is 5.82 Å². The van der Waals surface area contributed by atoms with Crippen molar-refractivity contribution in [2.75, 3.05) is 6.54 Å². The Bertz CT molecular complexity index is 873. The van der Waals surface area contributed by atoms with Gasteiger partial charge in [0.25, 0.3) is 5.91 Å². The van der Waals surface area contributed by atoms with E-state index in [4.69, 9.17) is 23.2 Å². The van der Waals surface area contributed by atoms with Crippen molar-refractivity contribution in [3.05, 3.63) is 46.3 Å². The van der Waals surface area contributed by atoms with Crippen molar-refractivity contribution in [2.45, 2.75) is 39.0 Å². The molecule has 3 rings (SSSR count). The van der Waals surface area contributed by atoms with Crippen LogP contribution in [0.5, 0.6) is 0 Å². The zero-order valence-corrected chi connectivity index (χ0v) is 17.1. The Labute approximate surface area is 173 Å². The molecular weight excluding hydrogens is 401 g/mol. The van der Waals surface area contributed by atoms with Gasteiger partial charge in [-0.15, -0.1) is 0 Å². The molecule has 1 amide bonds. The van der Waals surface area contributed by atoms with Crippen LogP contribution in [-0.2, 0) is 4.79 Å². The number of hydrogen-bond acceptors (Lipinski definition) is 3. The summed E-state index contributed by atoms with van der Waals surface area (Å²) in [5.41, 5.74) is -0.173. The molecule has 6 nitrogen and oxygen atoms in total. The van der Waals surface area contributed by atoms with E-state index in [-0.39, 0.29) is 11.8 Å². The first-order valence-corrected chi connectivity index (χ1v) is 10.1. The third-order valence-electron chi connectivity index (χ3n) is 5.74. The average Bonchev–Trinajstić information content (AvgIpc) is 3.16. The van der Waals surface area contributed by atoms with Crippen LogP contribution in [0, 0.1) is 11.3 Å². The summed E-state index contributed by atoms with van der Waals surface area (Å²) in [5, 5.41) is 13.2. The number of hydrogen-bond donors (Lipinski definition) is 2. The average molecular weight is 424 g/mol. The lowest BCUT2D eigenvalue weighted by atomic mass is 9.69. The number of carbonyl (C=O) groups is 2. The van der Waals surface area contributed by atoms with Gasteiger partial charge in [-0.1, -0.05) is 30.1 Å². The minimum Gasteiger partial charge on any atom is -0.481 e. The standard InChI is InChI=1S/C20H23Cl2N3O3/c1-2-20(19(27)28)7-5-13(6-8-20)11-24-18(26)16-4-3-9-25(16)17-15(22)10-14(21)12-23-17/h3-4,9-10,12-13H,2,5-8,11H2,1H3,(H,24,26)(H,27,28). The number of halogens is 2. The Hall–Kier alpha value is -2.05. The molecule has 0 radical (unpaired) electrons. The molecule has 0 unspecified atom stereocenters. The molecule has 0 spiro atoms. The molecule has 2 heterocycles. The fourth-order valence-corrected chi connectivity index (χ4v) is 4.29. The highest BCUT2D eigenvalue weighted by molar-refractivity contribution is 6.35. The summed E-state index contributed by atoms with van der Waals surface area (Å²) in [6, 6.07) is 5.04. The third kappa shape index (κ3) is 4.18. The second kappa shape index (κ2) is 8.53. The summed E-state index contributed by atoms with van der Waals surface area (Å²) >= 11 is 12.1. The van der Waals surface area contributed by atoms with Crippen molar-refractivity contribution in [2.24, 2.45) is 11.3 Å². The van der Waals surface area contributed by atoms with Gasteiger partial charge in [-0.2, -0.15) is 0 Å². The molecule has 0 atom stereocenters. The fraction of sp³-hybridized carbons (Fsp3) is 0.450. The van der Waals surface area contributed by atoms with Crippen LogP contribution < -0.4 is 5.32 Å². The van der Waals surface area contributed by atoms with Crippen molar-refractivity contribution >= 4 is 35.1 Å². The molecule has 0 aromatic carbocycles. The maximum Gasteiger partial charge on any atom is 0.309 e. The number of aromatic nitrogens is 2. The van der Waals surface area contributed by atoms with Crippen LogP contribution in [0.4, 0.5) is 0 Å². The number of aliphatic carboxylic acids is 1. The molecule has 8 heteroatoms. The van der Waals surface area contributed by atoms with Crippen molar-refractivity contribution in [3.63, 3.8) is 0 Å². The number of carboxylic acid groups (broad SMARTS) is 1. The molecule has 1 aliphatic carbocycles. The van der Waals surface area contributed by atoms with Crippen molar-refractivity contribution in [1.29, 1.82) is 0 Å². The largest absolute Gasteiger partial charge is 0.481 e. The second-order valence-corrected chi connectivity index (χ2v) is 8.16. The Morgan fingerprint density at radius 2 is 2.07 bits per heavy atom. The number of carboxylic acids is 1. The highest BCUT2D eigenvalue weighted by atomic mass is 35.5. The van der Waals surface area contributed by atoms with Crippen LogP contribution in [0.15, 0.2) is 30.6 Å². The maximum absolute atomic E-state index is 12.7. The van der Waals surface area contributed by atoms with E-state index in [1.54, 1.807) is 29.0 Å². The molecule has 1 fully saturated rings. The van der Waals surface area contributed by atoms with E-state index >= 15 is 0 Å². The first kappa shape index (κ1) is 20.7. The van der Waals surface area contributed by atoms with Crippen LogP contribution in [0.3, 0.4) is 0 Å². The summed E-state index contributed by atoms with van der Waals surface area (Å²) in [6.07, 6.45) is 6.75. The molecule has 2 N–H and O–H groups in total. The van der Waals surface area contributed by atoms with Crippen molar-refractivity contribution in [3.8, 4) is 5.82 Å². The predicted octanol–water partition coefficient (Wildman–Crippen LogP) is 4.58. The van der Waals surface area contributed by atoms with Gasteiger partial charge in [0.1, 0.15) is 5.69 Å². The quantitative estimate of drug-likeness (QED) is 0.711. The Morgan fingerprint density at radius 1 is 1.36 bits per heavy atom. The van der Waals surface area contributed by atoms with Crippen molar-refractivity contribution in [1.82, 2.24) is 14.9 Å². The van der Waals surface area contributed by atoms with Crippen LogP contribution in [0.2, 0.25) is 10.0 Å². The van der Waals surface area contributed by atoms with E-state index < -0.39 is 11.4 Å². The van der Waals surface area contributed by atoms with E-state index in [0.29, 0.717) is 47.4 Å².